The largest absolute Gasteiger partial charge is 0.192 e. The van der Waals surface area contributed by atoms with Gasteiger partial charge >= 0.3 is 0 Å². The van der Waals surface area contributed by atoms with Crippen LogP contribution in [0.15, 0.2) is 72.8 Å². The minimum Gasteiger partial charge on any atom is -0.192 e. The predicted octanol–water partition coefficient (Wildman–Crippen LogP) is 6.48. The standard InChI is InChI=1S/C24H23N/c1-18(2)8-9-19-10-13-22(14-11-19)23-15-12-20(17-25)16-24(23)21-6-4-3-5-7-21/h3-7,10-16,18H,8-9H2,1-2H3. The summed E-state index contributed by atoms with van der Waals surface area (Å²) < 4.78 is 0. The lowest BCUT2D eigenvalue weighted by Crippen LogP contribution is -1.92. The highest BCUT2D eigenvalue weighted by atomic mass is 14.2. The maximum atomic E-state index is 9.26. The van der Waals surface area contributed by atoms with Gasteiger partial charge in [0.25, 0.3) is 0 Å². The van der Waals surface area contributed by atoms with Gasteiger partial charge in [0.05, 0.1) is 11.6 Å². The molecule has 3 aromatic carbocycles. The van der Waals surface area contributed by atoms with E-state index in [1.54, 1.807) is 0 Å². The molecule has 1 heteroatoms. The van der Waals surface area contributed by atoms with Gasteiger partial charge in [-0.1, -0.05) is 74.5 Å². The van der Waals surface area contributed by atoms with Crippen molar-refractivity contribution in [3.05, 3.63) is 83.9 Å². The molecule has 0 spiro atoms. The second-order valence-electron chi connectivity index (χ2n) is 6.87. The summed E-state index contributed by atoms with van der Waals surface area (Å²) in [5, 5.41) is 9.26. The molecule has 0 unspecified atom stereocenters. The van der Waals surface area contributed by atoms with Crippen LogP contribution in [0.25, 0.3) is 22.3 Å². The van der Waals surface area contributed by atoms with Gasteiger partial charge in [0.1, 0.15) is 0 Å². The first kappa shape index (κ1) is 17.0. The van der Waals surface area contributed by atoms with Crippen molar-refractivity contribution >= 4 is 0 Å². The zero-order valence-corrected chi connectivity index (χ0v) is 14.9. The molecule has 0 aliphatic heterocycles. The molecule has 3 aromatic rings. The molecule has 0 aromatic heterocycles. The minimum atomic E-state index is 0.691. The lowest BCUT2D eigenvalue weighted by Gasteiger charge is -2.12. The van der Waals surface area contributed by atoms with Crippen LogP contribution in [-0.4, -0.2) is 0 Å². The van der Waals surface area contributed by atoms with Gasteiger partial charge in [0.2, 0.25) is 0 Å². The van der Waals surface area contributed by atoms with E-state index in [9.17, 15) is 5.26 Å². The van der Waals surface area contributed by atoms with Crippen molar-refractivity contribution in [3.8, 4) is 28.3 Å². The number of rotatable bonds is 5. The van der Waals surface area contributed by atoms with Gasteiger partial charge in [-0.3, -0.25) is 0 Å². The summed E-state index contributed by atoms with van der Waals surface area (Å²) >= 11 is 0. The van der Waals surface area contributed by atoms with E-state index in [4.69, 9.17) is 0 Å². The molecule has 0 aliphatic carbocycles. The number of nitriles is 1. The summed E-state index contributed by atoms with van der Waals surface area (Å²) in [4.78, 5) is 0. The van der Waals surface area contributed by atoms with Crippen molar-refractivity contribution in [3.63, 3.8) is 0 Å². The molecule has 124 valence electrons. The van der Waals surface area contributed by atoms with Crippen molar-refractivity contribution in [1.82, 2.24) is 0 Å². The Balaban J connectivity index is 1.98. The van der Waals surface area contributed by atoms with Crippen LogP contribution in [-0.2, 0) is 6.42 Å². The third kappa shape index (κ3) is 4.17. The monoisotopic (exact) mass is 325 g/mol. The van der Waals surface area contributed by atoms with E-state index >= 15 is 0 Å². The Morgan fingerprint density at radius 3 is 2.12 bits per heavy atom. The van der Waals surface area contributed by atoms with E-state index < -0.39 is 0 Å². The molecule has 0 aliphatic rings. The fourth-order valence-corrected chi connectivity index (χ4v) is 3.03. The predicted molar refractivity (Wildman–Crippen MR) is 105 cm³/mol. The second kappa shape index (κ2) is 7.81. The van der Waals surface area contributed by atoms with Crippen LogP contribution in [0.5, 0.6) is 0 Å². The highest BCUT2D eigenvalue weighted by molar-refractivity contribution is 5.84. The molecule has 0 fully saturated rings. The third-order valence-electron chi connectivity index (χ3n) is 4.51. The van der Waals surface area contributed by atoms with Crippen LogP contribution in [0, 0.1) is 17.2 Å². The van der Waals surface area contributed by atoms with Crippen molar-refractivity contribution < 1.29 is 0 Å². The quantitative estimate of drug-likeness (QED) is 0.526. The van der Waals surface area contributed by atoms with Gasteiger partial charge in [0.15, 0.2) is 0 Å². The topological polar surface area (TPSA) is 23.8 Å². The Hall–Kier alpha value is -2.85. The number of hydrogen-bond acceptors (Lipinski definition) is 1. The maximum Gasteiger partial charge on any atom is 0.0991 e. The normalized spacial score (nSPS) is 10.6. The van der Waals surface area contributed by atoms with Crippen molar-refractivity contribution in [2.75, 3.05) is 0 Å². The van der Waals surface area contributed by atoms with E-state index in [0.717, 1.165) is 23.5 Å². The Morgan fingerprint density at radius 1 is 0.800 bits per heavy atom. The van der Waals surface area contributed by atoms with Gasteiger partial charge in [0, 0.05) is 0 Å². The van der Waals surface area contributed by atoms with Crippen LogP contribution in [0.3, 0.4) is 0 Å². The molecule has 0 bridgehead atoms. The smallest absolute Gasteiger partial charge is 0.0991 e. The summed E-state index contributed by atoms with van der Waals surface area (Å²) in [6.45, 7) is 4.52. The first-order valence-corrected chi connectivity index (χ1v) is 8.86. The van der Waals surface area contributed by atoms with Crippen molar-refractivity contribution in [1.29, 1.82) is 5.26 Å². The summed E-state index contributed by atoms with van der Waals surface area (Å²) in [6, 6.07) is 27.3. The van der Waals surface area contributed by atoms with E-state index in [-0.39, 0.29) is 0 Å². The van der Waals surface area contributed by atoms with E-state index in [0.29, 0.717) is 5.56 Å². The fourth-order valence-electron chi connectivity index (χ4n) is 3.03. The Kier molecular flexibility index (Phi) is 5.31. The molecule has 0 amide bonds. The molecule has 1 nitrogen and oxygen atoms in total. The molecule has 3 rings (SSSR count). The van der Waals surface area contributed by atoms with Gasteiger partial charge in [-0.25, -0.2) is 0 Å². The van der Waals surface area contributed by atoms with Crippen LogP contribution in [0.1, 0.15) is 31.4 Å². The number of benzene rings is 3. The molecule has 0 saturated heterocycles. The molecular weight excluding hydrogens is 302 g/mol. The fraction of sp³-hybridized carbons (Fsp3) is 0.208. The first-order chi connectivity index (χ1) is 12.2. The van der Waals surface area contributed by atoms with Gasteiger partial charge in [-0.2, -0.15) is 5.26 Å². The molecule has 0 N–H and O–H groups in total. The highest BCUT2D eigenvalue weighted by Gasteiger charge is 2.09. The van der Waals surface area contributed by atoms with Gasteiger partial charge < -0.3 is 0 Å². The molecule has 25 heavy (non-hydrogen) atoms. The zero-order valence-electron chi connectivity index (χ0n) is 14.9. The third-order valence-corrected chi connectivity index (χ3v) is 4.51. The van der Waals surface area contributed by atoms with E-state index in [2.05, 4.69) is 62.4 Å². The van der Waals surface area contributed by atoms with Crippen LogP contribution in [0.2, 0.25) is 0 Å². The minimum absolute atomic E-state index is 0.691. The Bertz CT molecular complexity index is 868. The maximum absolute atomic E-state index is 9.26. The number of aryl methyl sites for hydroxylation is 1. The molecule has 0 saturated carbocycles. The van der Waals surface area contributed by atoms with Crippen LogP contribution >= 0.6 is 0 Å². The van der Waals surface area contributed by atoms with Crippen LogP contribution in [0.4, 0.5) is 0 Å². The SMILES string of the molecule is CC(C)CCc1ccc(-c2ccc(C#N)cc2-c2ccccc2)cc1. The average Bonchev–Trinajstić information content (AvgIpc) is 2.67. The van der Waals surface area contributed by atoms with E-state index in [1.807, 2.05) is 30.3 Å². The Labute approximate surface area is 150 Å². The average molecular weight is 325 g/mol. The van der Waals surface area contributed by atoms with E-state index in [1.165, 1.54) is 23.1 Å². The molecule has 0 radical (unpaired) electrons. The number of nitrogens with zero attached hydrogens (tertiary/aromatic N) is 1. The lowest BCUT2D eigenvalue weighted by atomic mass is 9.92. The molecular formula is C24H23N. The van der Waals surface area contributed by atoms with Crippen molar-refractivity contribution in [2.45, 2.75) is 26.7 Å². The number of hydrogen-bond donors (Lipinski definition) is 0. The zero-order chi connectivity index (χ0) is 17.6. The van der Waals surface area contributed by atoms with Crippen LogP contribution < -0.4 is 0 Å². The van der Waals surface area contributed by atoms with Crippen molar-refractivity contribution in [2.24, 2.45) is 5.92 Å². The molecule has 0 atom stereocenters. The lowest BCUT2D eigenvalue weighted by molar-refractivity contribution is 0.587. The molecule has 0 heterocycles. The van der Waals surface area contributed by atoms with Gasteiger partial charge in [-0.05, 0) is 58.7 Å². The highest BCUT2D eigenvalue weighted by Crippen LogP contribution is 2.33. The van der Waals surface area contributed by atoms with Gasteiger partial charge in [-0.15, -0.1) is 0 Å². The second-order valence-corrected chi connectivity index (χ2v) is 6.87. The first-order valence-electron chi connectivity index (χ1n) is 8.86. The summed E-state index contributed by atoms with van der Waals surface area (Å²) in [5.74, 6) is 0.725. The summed E-state index contributed by atoms with van der Waals surface area (Å²) in [6.07, 6.45) is 2.34. The Morgan fingerprint density at radius 2 is 1.48 bits per heavy atom. The summed E-state index contributed by atoms with van der Waals surface area (Å²) in [5.41, 5.74) is 6.67. The summed E-state index contributed by atoms with van der Waals surface area (Å²) in [7, 11) is 0.